The third-order valence-corrected chi connectivity index (χ3v) is 5.17. The largest absolute Gasteiger partial charge is 0.493 e. The van der Waals surface area contributed by atoms with Crippen molar-refractivity contribution < 1.29 is 14.6 Å². The fourth-order valence-electron chi connectivity index (χ4n) is 3.41. The summed E-state index contributed by atoms with van der Waals surface area (Å²) >= 11 is 0. The summed E-state index contributed by atoms with van der Waals surface area (Å²) in [5.41, 5.74) is 0.843. The third kappa shape index (κ3) is 12.0. The molecule has 3 heteroatoms. The van der Waals surface area contributed by atoms with Gasteiger partial charge >= 0.3 is 0 Å². The topological polar surface area (TPSA) is 38.7 Å². The minimum atomic E-state index is 0.0234. The van der Waals surface area contributed by atoms with Crippen molar-refractivity contribution in [3.05, 3.63) is 23.8 Å². The predicted molar refractivity (Wildman–Crippen MR) is 115 cm³/mol. The lowest BCUT2D eigenvalue weighted by molar-refractivity contribution is 0.274. The summed E-state index contributed by atoms with van der Waals surface area (Å²) < 4.78 is 11.2. The Labute approximate surface area is 167 Å². The van der Waals surface area contributed by atoms with Gasteiger partial charge in [-0.3, -0.25) is 0 Å². The molecule has 0 saturated carbocycles. The van der Waals surface area contributed by atoms with Crippen molar-refractivity contribution in [1.29, 1.82) is 0 Å². The van der Waals surface area contributed by atoms with Gasteiger partial charge in [0.25, 0.3) is 0 Å². The first-order valence-corrected chi connectivity index (χ1v) is 11.2. The van der Waals surface area contributed by atoms with E-state index in [1.165, 1.54) is 83.5 Å². The number of methoxy groups -OCH3 is 1. The molecule has 0 saturated heterocycles. The van der Waals surface area contributed by atoms with Crippen LogP contribution in [0.25, 0.3) is 0 Å². The summed E-state index contributed by atoms with van der Waals surface area (Å²) in [6.45, 7) is 3.03. The molecule has 0 aromatic heterocycles. The van der Waals surface area contributed by atoms with Crippen LogP contribution in [0.2, 0.25) is 0 Å². The molecule has 27 heavy (non-hydrogen) atoms. The highest BCUT2D eigenvalue weighted by Gasteiger charge is 2.05. The molecule has 1 N–H and O–H groups in total. The maximum atomic E-state index is 9.17. The molecule has 1 rings (SSSR count). The van der Waals surface area contributed by atoms with E-state index in [1.54, 1.807) is 7.11 Å². The van der Waals surface area contributed by atoms with Crippen LogP contribution in [0.15, 0.2) is 18.2 Å². The average Bonchev–Trinajstić information content (AvgIpc) is 2.70. The van der Waals surface area contributed by atoms with Crippen LogP contribution in [0.5, 0.6) is 11.5 Å². The Kier molecular flexibility index (Phi) is 14.9. The molecule has 0 aliphatic carbocycles. The molecule has 1 aromatic rings. The van der Waals surface area contributed by atoms with E-state index < -0.39 is 0 Å². The second-order valence-electron chi connectivity index (χ2n) is 7.59. The smallest absolute Gasteiger partial charge is 0.161 e. The van der Waals surface area contributed by atoms with Crippen molar-refractivity contribution in [2.45, 2.75) is 103 Å². The Morgan fingerprint density at radius 1 is 0.704 bits per heavy atom. The van der Waals surface area contributed by atoms with Crippen LogP contribution in [0.3, 0.4) is 0 Å². The summed E-state index contributed by atoms with van der Waals surface area (Å²) in [7, 11) is 1.63. The van der Waals surface area contributed by atoms with Crippen molar-refractivity contribution in [1.82, 2.24) is 0 Å². The standard InChI is InChI=1S/C24H42O3/c1-3-4-5-6-7-8-9-10-11-12-13-14-15-16-19-27-23-18-17-22(21-25)20-24(23)26-2/h17-18,20,25H,3-16,19,21H2,1-2H3. The van der Waals surface area contributed by atoms with E-state index in [0.29, 0.717) is 5.75 Å². The van der Waals surface area contributed by atoms with E-state index in [4.69, 9.17) is 14.6 Å². The average molecular weight is 379 g/mol. The first-order valence-electron chi connectivity index (χ1n) is 11.2. The summed E-state index contributed by atoms with van der Waals surface area (Å²) in [6, 6.07) is 5.60. The minimum Gasteiger partial charge on any atom is -0.493 e. The molecule has 0 fully saturated rings. The summed E-state index contributed by atoms with van der Waals surface area (Å²) in [6.07, 6.45) is 19.1. The van der Waals surface area contributed by atoms with E-state index in [1.807, 2.05) is 18.2 Å². The number of benzene rings is 1. The Bertz CT molecular complexity index is 459. The van der Waals surface area contributed by atoms with Crippen LogP contribution >= 0.6 is 0 Å². The van der Waals surface area contributed by atoms with Gasteiger partial charge in [0.15, 0.2) is 11.5 Å². The molecule has 0 aliphatic rings. The summed E-state index contributed by atoms with van der Waals surface area (Å²) in [5.74, 6) is 1.47. The van der Waals surface area contributed by atoms with Crippen molar-refractivity contribution in [2.75, 3.05) is 13.7 Å². The van der Waals surface area contributed by atoms with Gasteiger partial charge in [-0.15, -0.1) is 0 Å². The molecule has 0 amide bonds. The lowest BCUT2D eigenvalue weighted by atomic mass is 10.0. The van der Waals surface area contributed by atoms with Gasteiger partial charge in [0, 0.05) is 0 Å². The number of aliphatic hydroxyl groups is 1. The fraction of sp³-hybridized carbons (Fsp3) is 0.750. The predicted octanol–water partition coefficient (Wildman–Crippen LogP) is 7.05. The van der Waals surface area contributed by atoms with Gasteiger partial charge in [0.1, 0.15) is 0 Å². The van der Waals surface area contributed by atoms with Gasteiger partial charge in [0.05, 0.1) is 20.3 Å². The molecular weight excluding hydrogens is 336 g/mol. The van der Waals surface area contributed by atoms with Crippen LogP contribution in [0.4, 0.5) is 0 Å². The number of hydrogen-bond donors (Lipinski definition) is 1. The van der Waals surface area contributed by atoms with Gasteiger partial charge in [-0.2, -0.15) is 0 Å². The molecule has 0 heterocycles. The zero-order chi connectivity index (χ0) is 19.6. The Balaban J connectivity index is 1.91. The summed E-state index contributed by atoms with van der Waals surface area (Å²) in [5, 5.41) is 9.17. The van der Waals surface area contributed by atoms with Crippen molar-refractivity contribution in [2.24, 2.45) is 0 Å². The number of rotatable bonds is 18. The Morgan fingerprint density at radius 3 is 1.70 bits per heavy atom. The van der Waals surface area contributed by atoms with Crippen LogP contribution in [0, 0.1) is 0 Å². The highest BCUT2D eigenvalue weighted by Crippen LogP contribution is 2.28. The molecule has 1 aromatic carbocycles. The first kappa shape index (κ1) is 23.8. The highest BCUT2D eigenvalue weighted by molar-refractivity contribution is 5.42. The number of unbranched alkanes of at least 4 members (excludes halogenated alkanes) is 13. The van der Waals surface area contributed by atoms with Crippen molar-refractivity contribution in [3.63, 3.8) is 0 Å². The van der Waals surface area contributed by atoms with E-state index >= 15 is 0 Å². The maximum absolute atomic E-state index is 9.17. The quantitative estimate of drug-likeness (QED) is 0.278. The van der Waals surface area contributed by atoms with Gasteiger partial charge in [-0.05, 0) is 24.1 Å². The molecule has 0 radical (unpaired) electrons. The van der Waals surface area contributed by atoms with Crippen LogP contribution in [0.1, 0.15) is 102 Å². The van der Waals surface area contributed by atoms with Gasteiger partial charge in [-0.25, -0.2) is 0 Å². The van der Waals surface area contributed by atoms with E-state index in [2.05, 4.69) is 6.92 Å². The first-order chi connectivity index (χ1) is 13.3. The second kappa shape index (κ2) is 16.9. The zero-order valence-electron chi connectivity index (χ0n) is 17.8. The van der Waals surface area contributed by atoms with E-state index in [9.17, 15) is 0 Å². The zero-order valence-corrected chi connectivity index (χ0v) is 17.8. The molecule has 156 valence electrons. The van der Waals surface area contributed by atoms with Gasteiger partial charge in [-0.1, -0.05) is 96.5 Å². The van der Waals surface area contributed by atoms with E-state index in [0.717, 1.165) is 24.3 Å². The van der Waals surface area contributed by atoms with E-state index in [-0.39, 0.29) is 6.61 Å². The highest BCUT2D eigenvalue weighted by atomic mass is 16.5. The van der Waals surface area contributed by atoms with Crippen molar-refractivity contribution >= 4 is 0 Å². The minimum absolute atomic E-state index is 0.0234. The molecule has 3 nitrogen and oxygen atoms in total. The number of ether oxygens (including phenoxy) is 2. The summed E-state index contributed by atoms with van der Waals surface area (Å²) in [4.78, 5) is 0. The normalized spacial score (nSPS) is 10.9. The molecular formula is C24H42O3. The van der Waals surface area contributed by atoms with Gasteiger partial charge < -0.3 is 14.6 Å². The molecule has 0 aliphatic heterocycles. The number of aliphatic hydroxyl groups excluding tert-OH is 1. The van der Waals surface area contributed by atoms with Crippen LogP contribution in [-0.4, -0.2) is 18.8 Å². The Hall–Kier alpha value is -1.22. The monoisotopic (exact) mass is 378 g/mol. The Morgan fingerprint density at radius 2 is 1.22 bits per heavy atom. The SMILES string of the molecule is CCCCCCCCCCCCCCCCOc1ccc(CO)cc1OC. The molecule has 0 bridgehead atoms. The molecule has 0 spiro atoms. The lowest BCUT2D eigenvalue weighted by Crippen LogP contribution is -2.00. The third-order valence-electron chi connectivity index (χ3n) is 5.17. The number of hydrogen-bond acceptors (Lipinski definition) is 3. The van der Waals surface area contributed by atoms with Gasteiger partial charge in [0.2, 0.25) is 0 Å². The molecule has 0 atom stereocenters. The van der Waals surface area contributed by atoms with Crippen LogP contribution < -0.4 is 9.47 Å². The van der Waals surface area contributed by atoms with Crippen LogP contribution in [-0.2, 0) is 6.61 Å². The maximum Gasteiger partial charge on any atom is 0.161 e. The lowest BCUT2D eigenvalue weighted by Gasteiger charge is -2.11. The fourth-order valence-corrected chi connectivity index (χ4v) is 3.41. The van der Waals surface area contributed by atoms with Crippen molar-refractivity contribution in [3.8, 4) is 11.5 Å². The second-order valence-corrected chi connectivity index (χ2v) is 7.59. The molecule has 0 unspecified atom stereocenters.